The number of benzene rings is 1. The molecule has 0 aliphatic rings. The van der Waals surface area contributed by atoms with E-state index in [1.165, 1.54) is 11.3 Å². The lowest BCUT2D eigenvalue weighted by Crippen LogP contribution is -2.24. The molecule has 0 aliphatic carbocycles. The largest absolute Gasteiger partial charge is 0.330 e. The Morgan fingerprint density at radius 3 is 2.79 bits per heavy atom. The van der Waals surface area contributed by atoms with E-state index in [2.05, 4.69) is 52.6 Å². The van der Waals surface area contributed by atoms with Gasteiger partial charge >= 0.3 is 0 Å². The molecule has 102 valence electrons. The third-order valence-corrected chi connectivity index (χ3v) is 3.27. The minimum absolute atomic E-state index is 0.690. The van der Waals surface area contributed by atoms with Gasteiger partial charge in [0.25, 0.3) is 0 Å². The molecule has 2 N–H and O–H groups in total. The van der Waals surface area contributed by atoms with Crippen LogP contribution < -0.4 is 10.6 Å². The van der Waals surface area contributed by atoms with Gasteiger partial charge in [-0.3, -0.25) is 0 Å². The first-order valence-electron chi connectivity index (χ1n) is 6.82. The number of nitrogens with zero attached hydrogens (tertiary/aromatic N) is 3. The summed E-state index contributed by atoms with van der Waals surface area (Å²) < 4.78 is 2.16. The van der Waals surface area contributed by atoms with Crippen LogP contribution in [0.5, 0.6) is 0 Å². The average molecular weight is 258 g/mol. The van der Waals surface area contributed by atoms with Crippen molar-refractivity contribution in [1.82, 2.24) is 9.55 Å². The average Bonchev–Trinajstić information content (AvgIpc) is 2.89. The van der Waals surface area contributed by atoms with Crippen LogP contribution in [0.3, 0.4) is 0 Å². The van der Waals surface area contributed by atoms with Crippen LogP contribution in [-0.2, 0) is 6.54 Å². The van der Waals surface area contributed by atoms with Crippen molar-refractivity contribution in [2.75, 3.05) is 18.0 Å². The van der Waals surface area contributed by atoms with Crippen molar-refractivity contribution in [3.63, 3.8) is 0 Å². The molecule has 0 aliphatic heterocycles. The fourth-order valence-corrected chi connectivity index (χ4v) is 2.24. The summed E-state index contributed by atoms with van der Waals surface area (Å²) in [5.41, 5.74) is 8.12. The van der Waals surface area contributed by atoms with Crippen LogP contribution in [-0.4, -0.2) is 22.6 Å². The topological polar surface area (TPSA) is 47.1 Å². The Kier molecular flexibility index (Phi) is 4.58. The van der Waals surface area contributed by atoms with Crippen LogP contribution in [0.4, 0.5) is 11.6 Å². The number of imidazole rings is 1. The maximum Gasteiger partial charge on any atom is 0.209 e. The highest BCUT2D eigenvalue weighted by molar-refractivity contribution is 5.61. The Morgan fingerprint density at radius 1 is 1.32 bits per heavy atom. The molecule has 0 atom stereocenters. The number of rotatable bonds is 6. The summed E-state index contributed by atoms with van der Waals surface area (Å²) in [4.78, 5) is 6.76. The number of aromatic nitrogens is 2. The van der Waals surface area contributed by atoms with Crippen LogP contribution >= 0.6 is 0 Å². The highest BCUT2D eigenvalue weighted by Crippen LogP contribution is 2.27. The molecule has 4 heteroatoms. The molecule has 0 saturated carbocycles. The molecule has 4 nitrogen and oxygen atoms in total. The second-order valence-electron chi connectivity index (χ2n) is 4.59. The zero-order valence-corrected chi connectivity index (χ0v) is 11.7. The Hall–Kier alpha value is -1.81. The van der Waals surface area contributed by atoms with E-state index in [0.29, 0.717) is 6.54 Å². The zero-order valence-electron chi connectivity index (χ0n) is 11.7. The third-order valence-electron chi connectivity index (χ3n) is 3.27. The Morgan fingerprint density at radius 2 is 2.11 bits per heavy atom. The second kappa shape index (κ2) is 6.38. The summed E-state index contributed by atoms with van der Waals surface area (Å²) in [5, 5.41) is 0. The summed E-state index contributed by atoms with van der Waals surface area (Å²) in [7, 11) is 0. The first-order chi connectivity index (χ1) is 9.27. The highest BCUT2D eigenvalue weighted by Gasteiger charge is 2.15. The monoisotopic (exact) mass is 258 g/mol. The number of hydrogen-bond donors (Lipinski definition) is 1. The fourth-order valence-electron chi connectivity index (χ4n) is 2.24. The van der Waals surface area contributed by atoms with Gasteiger partial charge in [0.05, 0.1) is 0 Å². The SMILES string of the molecule is CCn1ccnc1N(CCCN)c1ccccc1C. The molecule has 2 rings (SSSR count). The maximum atomic E-state index is 5.66. The standard InChI is InChI=1S/C15H22N4/c1-3-18-12-10-17-15(18)19(11-6-9-16)14-8-5-4-7-13(14)2/h4-5,7-8,10,12H,3,6,9,11,16H2,1-2H3. The number of hydrogen-bond acceptors (Lipinski definition) is 3. The molecule has 0 fully saturated rings. The molecule has 0 spiro atoms. The number of para-hydroxylation sites is 1. The molecule has 0 unspecified atom stereocenters. The predicted molar refractivity (Wildman–Crippen MR) is 79.8 cm³/mol. The van der Waals surface area contributed by atoms with Gasteiger partial charge in [-0.05, 0) is 38.4 Å². The van der Waals surface area contributed by atoms with Gasteiger partial charge in [-0.1, -0.05) is 18.2 Å². The van der Waals surface area contributed by atoms with Crippen LogP contribution in [0.15, 0.2) is 36.7 Å². The highest BCUT2D eigenvalue weighted by atomic mass is 15.3. The van der Waals surface area contributed by atoms with Crippen molar-refractivity contribution >= 4 is 11.6 Å². The van der Waals surface area contributed by atoms with Gasteiger partial charge in [-0.25, -0.2) is 4.98 Å². The van der Waals surface area contributed by atoms with Crippen molar-refractivity contribution in [2.24, 2.45) is 5.73 Å². The van der Waals surface area contributed by atoms with Crippen molar-refractivity contribution in [2.45, 2.75) is 26.8 Å². The molecular weight excluding hydrogens is 236 g/mol. The number of aryl methyl sites for hydroxylation is 2. The van der Waals surface area contributed by atoms with Gasteiger partial charge in [-0.2, -0.15) is 0 Å². The van der Waals surface area contributed by atoms with Gasteiger partial charge < -0.3 is 15.2 Å². The zero-order chi connectivity index (χ0) is 13.7. The van der Waals surface area contributed by atoms with E-state index in [-0.39, 0.29) is 0 Å². The molecule has 1 aromatic carbocycles. The van der Waals surface area contributed by atoms with Crippen LogP contribution in [0.2, 0.25) is 0 Å². The molecule has 0 radical (unpaired) electrons. The van der Waals surface area contributed by atoms with Gasteiger partial charge in [0.15, 0.2) is 0 Å². The molecule has 19 heavy (non-hydrogen) atoms. The molecule has 1 aromatic heterocycles. The molecule has 1 heterocycles. The summed E-state index contributed by atoms with van der Waals surface area (Å²) in [5.74, 6) is 0.991. The fraction of sp³-hybridized carbons (Fsp3) is 0.400. The van der Waals surface area contributed by atoms with Gasteiger partial charge in [0, 0.05) is 31.2 Å². The quantitative estimate of drug-likeness (QED) is 0.866. The molecule has 0 saturated heterocycles. The molecule has 0 amide bonds. The van der Waals surface area contributed by atoms with Crippen molar-refractivity contribution in [3.05, 3.63) is 42.2 Å². The first kappa shape index (κ1) is 13.6. The van der Waals surface area contributed by atoms with Crippen molar-refractivity contribution in [1.29, 1.82) is 0 Å². The number of anilines is 2. The van der Waals surface area contributed by atoms with Crippen LogP contribution in [0.1, 0.15) is 18.9 Å². The van der Waals surface area contributed by atoms with E-state index in [0.717, 1.165) is 25.5 Å². The lowest BCUT2D eigenvalue weighted by Gasteiger charge is -2.25. The second-order valence-corrected chi connectivity index (χ2v) is 4.59. The summed E-state index contributed by atoms with van der Waals surface area (Å²) in [6, 6.07) is 8.40. The minimum Gasteiger partial charge on any atom is -0.330 e. The predicted octanol–water partition coefficient (Wildman–Crippen LogP) is 2.70. The van der Waals surface area contributed by atoms with Gasteiger partial charge in [0.2, 0.25) is 5.95 Å². The molecule has 0 bridgehead atoms. The van der Waals surface area contributed by atoms with Gasteiger partial charge in [-0.15, -0.1) is 0 Å². The van der Waals surface area contributed by atoms with E-state index in [1.54, 1.807) is 0 Å². The summed E-state index contributed by atoms with van der Waals surface area (Å²) in [6.07, 6.45) is 4.82. The smallest absolute Gasteiger partial charge is 0.209 e. The number of nitrogens with two attached hydrogens (primary N) is 1. The van der Waals surface area contributed by atoms with Crippen LogP contribution in [0.25, 0.3) is 0 Å². The molecular formula is C15H22N4. The molecule has 2 aromatic rings. The minimum atomic E-state index is 0.690. The van der Waals surface area contributed by atoms with E-state index in [9.17, 15) is 0 Å². The van der Waals surface area contributed by atoms with Crippen molar-refractivity contribution < 1.29 is 0 Å². The Bertz CT molecular complexity index is 518. The van der Waals surface area contributed by atoms with E-state index in [1.807, 2.05) is 12.4 Å². The lowest BCUT2D eigenvalue weighted by atomic mass is 10.2. The van der Waals surface area contributed by atoms with E-state index in [4.69, 9.17) is 5.73 Å². The Labute approximate surface area is 114 Å². The van der Waals surface area contributed by atoms with Gasteiger partial charge in [0.1, 0.15) is 0 Å². The summed E-state index contributed by atoms with van der Waals surface area (Å²) in [6.45, 7) is 6.75. The van der Waals surface area contributed by atoms with Crippen LogP contribution in [0, 0.1) is 6.92 Å². The maximum absolute atomic E-state index is 5.66. The van der Waals surface area contributed by atoms with E-state index < -0.39 is 0 Å². The first-order valence-corrected chi connectivity index (χ1v) is 6.82. The summed E-state index contributed by atoms with van der Waals surface area (Å²) >= 11 is 0. The lowest BCUT2D eigenvalue weighted by molar-refractivity contribution is 0.721. The normalized spacial score (nSPS) is 10.7. The van der Waals surface area contributed by atoms with Crippen molar-refractivity contribution in [3.8, 4) is 0 Å². The Balaban J connectivity index is 2.39. The third kappa shape index (κ3) is 2.96. The van der Waals surface area contributed by atoms with E-state index >= 15 is 0 Å².